The zero-order chi connectivity index (χ0) is 20.1. The fraction of sp³-hybridized carbons (Fsp3) is 0.963. The second kappa shape index (κ2) is 7.73. The molecule has 0 aliphatic heterocycles. The molecule has 0 aromatic heterocycles. The number of carbonyl (C=O) groups is 1. The summed E-state index contributed by atoms with van der Waals surface area (Å²) in [6.45, 7) is 12.4. The number of ketones is 1. The second-order valence-corrected chi connectivity index (χ2v) is 12.3. The molecule has 28 heavy (non-hydrogen) atoms. The molecule has 4 rings (SSSR count). The Labute approximate surface area is 174 Å². The van der Waals surface area contributed by atoms with E-state index in [4.69, 9.17) is 0 Å². The molecule has 4 fully saturated rings. The second-order valence-electron chi connectivity index (χ2n) is 12.3. The molecule has 160 valence electrons. The minimum absolute atomic E-state index is 0.0312. The molecular weight excluding hydrogens is 340 g/mol. The van der Waals surface area contributed by atoms with Crippen molar-refractivity contribution in [2.24, 2.45) is 52.3 Å². The Bertz CT molecular complexity index is 579. The summed E-state index contributed by atoms with van der Waals surface area (Å²) >= 11 is 0. The minimum atomic E-state index is 0.0312. The van der Waals surface area contributed by atoms with Gasteiger partial charge < -0.3 is 0 Å². The lowest BCUT2D eigenvalue weighted by Gasteiger charge is -2.60. The van der Waals surface area contributed by atoms with Gasteiger partial charge in [-0.25, -0.2) is 0 Å². The summed E-state index contributed by atoms with van der Waals surface area (Å²) in [6, 6.07) is 0. The van der Waals surface area contributed by atoms with Crippen LogP contribution in [0.15, 0.2) is 0 Å². The summed E-state index contributed by atoms with van der Waals surface area (Å²) < 4.78 is 0. The molecule has 0 heterocycles. The van der Waals surface area contributed by atoms with Crippen molar-refractivity contribution in [2.75, 3.05) is 0 Å². The van der Waals surface area contributed by atoms with Crippen molar-refractivity contribution in [3.05, 3.63) is 0 Å². The Morgan fingerprint density at radius 1 is 0.929 bits per heavy atom. The molecule has 0 aromatic carbocycles. The quantitative estimate of drug-likeness (QED) is 0.473. The maximum absolute atomic E-state index is 13.1. The molecule has 4 aliphatic rings. The van der Waals surface area contributed by atoms with E-state index in [0.717, 1.165) is 42.4 Å². The third-order valence-electron chi connectivity index (χ3n) is 10.7. The van der Waals surface area contributed by atoms with Crippen LogP contribution in [0.4, 0.5) is 0 Å². The van der Waals surface area contributed by atoms with Crippen LogP contribution in [0.25, 0.3) is 0 Å². The molecule has 0 saturated heterocycles. The molecular formula is C27H46O. The molecule has 4 aliphatic carbocycles. The lowest BCUT2D eigenvalue weighted by atomic mass is 9.44. The molecule has 4 saturated carbocycles. The first-order valence-electron chi connectivity index (χ1n) is 12.8. The number of Topliss-reactive ketones (excluding diaryl/α,β-unsaturated/α-hetero) is 1. The molecule has 0 aromatic rings. The van der Waals surface area contributed by atoms with Crippen LogP contribution in [-0.2, 0) is 4.79 Å². The zero-order valence-corrected chi connectivity index (χ0v) is 19.4. The van der Waals surface area contributed by atoms with Crippen molar-refractivity contribution < 1.29 is 4.79 Å². The van der Waals surface area contributed by atoms with Crippen molar-refractivity contribution >= 4 is 5.78 Å². The third kappa shape index (κ3) is 3.22. The highest BCUT2D eigenvalue weighted by atomic mass is 16.1. The van der Waals surface area contributed by atoms with Crippen LogP contribution >= 0.6 is 0 Å². The van der Waals surface area contributed by atoms with Crippen LogP contribution in [0.5, 0.6) is 0 Å². The summed E-state index contributed by atoms with van der Waals surface area (Å²) in [5.41, 5.74) is 0.586. The number of carbonyl (C=O) groups excluding carboxylic acids is 1. The monoisotopic (exact) mass is 386 g/mol. The van der Waals surface area contributed by atoms with Gasteiger partial charge in [0.1, 0.15) is 5.78 Å². The first kappa shape index (κ1) is 20.9. The predicted molar refractivity (Wildman–Crippen MR) is 118 cm³/mol. The van der Waals surface area contributed by atoms with Crippen molar-refractivity contribution in [1.29, 1.82) is 0 Å². The Morgan fingerprint density at radius 2 is 1.71 bits per heavy atom. The largest absolute Gasteiger partial charge is 0.299 e. The first-order valence-corrected chi connectivity index (χ1v) is 12.8. The minimum Gasteiger partial charge on any atom is -0.299 e. The van der Waals surface area contributed by atoms with Crippen LogP contribution < -0.4 is 0 Å². The fourth-order valence-corrected chi connectivity index (χ4v) is 9.11. The van der Waals surface area contributed by atoms with Crippen molar-refractivity contribution in [3.8, 4) is 0 Å². The number of rotatable bonds is 5. The highest BCUT2D eigenvalue weighted by Crippen LogP contribution is 2.67. The highest BCUT2D eigenvalue weighted by molar-refractivity contribution is 5.86. The molecule has 6 unspecified atom stereocenters. The Balaban J connectivity index is 1.49. The molecule has 8 atom stereocenters. The van der Waals surface area contributed by atoms with E-state index >= 15 is 0 Å². The van der Waals surface area contributed by atoms with Gasteiger partial charge in [0.2, 0.25) is 0 Å². The molecule has 1 nitrogen and oxygen atoms in total. The molecule has 0 N–H and O–H groups in total. The first-order chi connectivity index (χ1) is 13.3. The van der Waals surface area contributed by atoms with Crippen LogP contribution in [-0.4, -0.2) is 5.78 Å². The van der Waals surface area contributed by atoms with Crippen LogP contribution in [0.3, 0.4) is 0 Å². The van der Waals surface area contributed by atoms with E-state index in [1.807, 2.05) is 0 Å². The van der Waals surface area contributed by atoms with E-state index in [-0.39, 0.29) is 5.41 Å². The number of hydrogen-bond acceptors (Lipinski definition) is 1. The highest BCUT2D eigenvalue weighted by Gasteiger charge is 2.62. The summed E-state index contributed by atoms with van der Waals surface area (Å²) in [4.78, 5) is 13.1. The standard InChI is InChI=1S/C27H46O/c1-18(2)8-6-9-19(3)22-14-15-23-21-13-12-20-10-7-11-25(28)27(20,5)24(21)16-17-26(22,23)4/h18-24H,6-17H2,1-5H3/t19-,20-,21?,22?,23?,24?,26?,27?/m1/s1. The van der Waals surface area contributed by atoms with Gasteiger partial charge in [-0.05, 0) is 98.2 Å². The smallest absolute Gasteiger partial charge is 0.139 e. The molecule has 0 amide bonds. The van der Waals surface area contributed by atoms with Crippen LogP contribution in [0.1, 0.15) is 112 Å². The van der Waals surface area contributed by atoms with E-state index < -0.39 is 0 Å². The summed E-state index contributed by atoms with van der Waals surface area (Å²) in [5.74, 6) is 6.44. The number of fused-ring (bicyclic) bond motifs is 5. The summed E-state index contributed by atoms with van der Waals surface area (Å²) in [6.07, 6.45) is 16.0. The van der Waals surface area contributed by atoms with E-state index in [2.05, 4.69) is 34.6 Å². The van der Waals surface area contributed by atoms with Gasteiger partial charge in [0.25, 0.3) is 0 Å². The maximum atomic E-state index is 13.1. The number of hydrogen-bond donors (Lipinski definition) is 0. The van der Waals surface area contributed by atoms with E-state index in [1.165, 1.54) is 64.2 Å². The van der Waals surface area contributed by atoms with Gasteiger partial charge in [-0.3, -0.25) is 4.79 Å². The van der Waals surface area contributed by atoms with Gasteiger partial charge in [0, 0.05) is 11.8 Å². The summed E-state index contributed by atoms with van der Waals surface area (Å²) in [7, 11) is 0. The van der Waals surface area contributed by atoms with E-state index in [0.29, 0.717) is 23.0 Å². The maximum Gasteiger partial charge on any atom is 0.139 e. The van der Waals surface area contributed by atoms with Gasteiger partial charge in [-0.15, -0.1) is 0 Å². The fourth-order valence-electron chi connectivity index (χ4n) is 9.11. The molecule has 0 spiro atoms. The Hall–Kier alpha value is -0.330. The normalized spacial score (nSPS) is 46.8. The van der Waals surface area contributed by atoms with Crippen molar-refractivity contribution in [1.82, 2.24) is 0 Å². The van der Waals surface area contributed by atoms with E-state index in [1.54, 1.807) is 0 Å². The average Bonchev–Trinajstić information content (AvgIpc) is 3.00. The van der Waals surface area contributed by atoms with Crippen LogP contribution in [0, 0.1) is 52.3 Å². The van der Waals surface area contributed by atoms with Crippen LogP contribution in [0.2, 0.25) is 0 Å². The van der Waals surface area contributed by atoms with Gasteiger partial charge in [-0.1, -0.05) is 53.9 Å². The van der Waals surface area contributed by atoms with Gasteiger partial charge in [0.05, 0.1) is 0 Å². The van der Waals surface area contributed by atoms with Gasteiger partial charge in [0.15, 0.2) is 0 Å². The lowest BCUT2D eigenvalue weighted by molar-refractivity contribution is -0.156. The van der Waals surface area contributed by atoms with Crippen molar-refractivity contribution in [3.63, 3.8) is 0 Å². The molecule has 1 heteroatoms. The topological polar surface area (TPSA) is 17.1 Å². The lowest BCUT2D eigenvalue weighted by Crippen LogP contribution is -2.56. The summed E-state index contributed by atoms with van der Waals surface area (Å²) in [5, 5.41) is 0. The zero-order valence-electron chi connectivity index (χ0n) is 19.4. The third-order valence-corrected chi connectivity index (χ3v) is 10.7. The SMILES string of the molecule is CC(C)CCC[C@@H](C)C1CCC2C3CC[C@H]4CCCC(=O)C4(C)C3CCC21C. The van der Waals surface area contributed by atoms with Gasteiger partial charge >= 0.3 is 0 Å². The van der Waals surface area contributed by atoms with E-state index in [9.17, 15) is 4.79 Å². The predicted octanol–water partition coefficient (Wildman–Crippen LogP) is 7.68. The van der Waals surface area contributed by atoms with Gasteiger partial charge in [-0.2, -0.15) is 0 Å². The Morgan fingerprint density at radius 3 is 2.46 bits per heavy atom. The average molecular weight is 387 g/mol. The van der Waals surface area contributed by atoms with Crippen molar-refractivity contribution in [2.45, 2.75) is 112 Å². The molecule has 0 bridgehead atoms. The molecule has 0 radical (unpaired) electrons. The Kier molecular flexibility index (Phi) is 5.78.